The quantitative estimate of drug-likeness (QED) is 0.0173. The Morgan fingerprint density at radius 3 is 0.833 bits per heavy atom. The highest BCUT2D eigenvalue weighted by molar-refractivity contribution is 6.34. The predicted molar refractivity (Wildman–Crippen MR) is 539 cm³/mol. The number of carbonyl (C=O) groups excluding carboxylic acids is 4. The molecule has 24 nitrogen and oxygen atoms in total. The standard InChI is InChI=1S/C31H33N3O3.C29H29N3O3.C27H25N3O3.C26H22ClN3O3/c1-4-6-10-22(5-2)20-37-31(36)25-16-14-24(15-17-25)29-32-28(23-11-8-7-9-12-23)33-30(34-29)26-18-13-21(3)19-27(26)35;1-3-4-5-9-18-35-29(34)23-15-13-22(14-16-23)27-30-26(21-10-7-6-8-11-21)31-28(32-27)24-17-12-20(2)19-25(24)33;1-3-4-16-33-27(32)21-13-11-20(12-14-21)25-28-24(19-8-6-5-7-9-19)29-26(30-25)22-15-10-18(2)17-23(22)31;1-3-13-33-26(32)19-12-10-18(15-21(19)27)24-28-23(17-7-5-4-6-8-17)29-25(30-24)20-11-9-16(2)14-22(20)31/h7-9,11-19,22,35H,4-6,10,20H2,1-3H3;6-8,10-17,19,33H,3-5,9,18H2,1-2H3;5-15,17,31H,3-4,16H2,1-2H3;4-12,14-15,31H,3,13H2,1-2H3. The molecule has 700 valence electrons. The predicted octanol–water partition coefficient (Wildman–Crippen LogP) is 25.8. The Labute approximate surface area is 808 Å². The summed E-state index contributed by atoms with van der Waals surface area (Å²) in [6.07, 6.45) is 11.1. The summed E-state index contributed by atoms with van der Waals surface area (Å²) >= 11 is 6.40. The fraction of sp³-hybridized carbons (Fsp3) is 0.221. The van der Waals surface area contributed by atoms with Gasteiger partial charge in [0.25, 0.3) is 0 Å². The second-order valence-corrected chi connectivity index (χ2v) is 33.4. The summed E-state index contributed by atoms with van der Waals surface area (Å²) in [6.45, 7) is 19.7. The molecule has 1 atom stereocenters. The summed E-state index contributed by atoms with van der Waals surface area (Å²) in [5.74, 6) is 4.46. The zero-order chi connectivity index (χ0) is 97.4. The van der Waals surface area contributed by atoms with Gasteiger partial charge in [0.15, 0.2) is 69.9 Å². The SMILES string of the molecule is CCCCC(CC)COC(=O)c1ccc(-c2nc(-c3ccccc3)nc(-c3ccc(C)cc3O)n2)cc1.CCCCCCOC(=O)c1ccc(-c2nc(-c3ccccc3)nc(-c3ccc(C)cc3O)n2)cc1.CCCCOC(=O)c1ccc(-c2nc(-c3ccccc3)nc(-c3ccc(C)cc3O)n2)cc1.CCCOC(=O)c1ccc(-c2nc(-c3ccccc3)nc(-c3ccc(C)cc3O)n2)cc1Cl. The summed E-state index contributed by atoms with van der Waals surface area (Å²) in [7, 11) is 0. The van der Waals surface area contributed by atoms with Crippen molar-refractivity contribution < 1.29 is 58.6 Å². The maximum absolute atomic E-state index is 12.6. The lowest BCUT2D eigenvalue weighted by molar-refractivity contribution is 0.0425. The van der Waals surface area contributed by atoms with E-state index in [4.69, 9.17) is 35.5 Å². The van der Waals surface area contributed by atoms with Crippen molar-refractivity contribution in [2.24, 2.45) is 5.92 Å². The smallest absolute Gasteiger partial charge is 0.339 e. The van der Waals surface area contributed by atoms with E-state index < -0.39 is 5.97 Å². The van der Waals surface area contributed by atoms with Crippen molar-refractivity contribution in [3.05, 3.63) is 335 Å². The van der Waals surface area contributed by atoms with Crippen LogP contribution < -0.4 is 0 Å². The molecule has 16 rings (SSSR count). The summed E-state index contributed by atoms with van der Waals surface area (Å²) < 4.78 is 21.5. The lowest BCUT2D eigenvalue weighted by Gasteiger charge is -2.14. The summed E-state index contributed by atoms with van der Waals surface area (Å²) in [5.41, 5.74) is 13.7. The van der Waals surface area contributed by atoms with Crippen LogP contribution in [0.1, 0.15) is 169 Å². The molecule has 0 fully saturated rings. The van der Waals surface area contributed by atoms with E-state index in [-0.39, 0.29) is 51.5 Å². The van der Waals surface area contributed by atoms with Gasteiger partial charge in [-0.05, 0) is 179 Å². The number of hydrogen-bond acceptors (Lipinski definition) is 24. The number of ether oxygens (including phenoxy) is 4. The van der Waals surface area contributed by atoms with E-state index in [1.807, 2.05) is 205 Å². The van der Waals surface area contributed by atoms with Crippen LogP contribution in [0.4, 0.5) is 0 Å². The van der Waals surface area contributed by atoms with Gasteiger partial charge in [-0.3, -0.25) is 0 Å². The van der Waals surface area contributed by atoms with Crippen molar-refractivity contribution in [3.63, 3.8) is 0 Å². The van der Waals surface area contributed by atoms with E-state index in [0.717, 1.165) is 132 Å². The van der Waals surface area contributed by atoms with Gasteiger partial charge in [-0.25, -0.2) is 79.0 Å². The Morgan fingerprint density at radius 1 is 0.268 bits per heavy atom. The van der Waals surface area contributed by atoms with E-state index in [2.05, 4.69) is 75.6 Å². The molecule has 138 heavy (non-hydrogen) atoms. The largest absolute Gasteiger partial charge is 0.507 e. The van der Waals surface area contributed by atoms with Crippen molar-refractivity contribution in [2.45, 2.75) is 133 Å². The number of esters is 4. The van der Waals surface area contributed by atoms with E-state index in [9.17, 15) is 39.6 Å². The van der Waals surface area contributed by atoms with Crippen molar-refractivity contribution in [1.29, 1.82) is 0 Å². The monoisotopic (exact) mass is 1860 g/mol. The third kappa shape index (κ3) is 27.2. The minimum absolute atomic E-state index is 0.0817. The van der Waals surface area contributed by atoms with Crippen LogP contribution in [-0.2, 0) is 18.9 Å². The highest BCUT2D eigenvalue weighted by atomic mass is 35.5. The van der Waals surface area contributed by atoms with Crippen molar-refractivity contribution >= 4 is 35.5 Å². The molecule has 0 saturated carbocycles. The number of rotatable bonds is 32. The molecular formula is C113H109ClN12O12. The number of aromatic nitrogens is 12. The normalized spacial score (nSPS) is 11.0. The van der Waals surface area contributed by atoms with Crippen molar-refractivity contribution in [1.82, 2.24) is 59.8 Å². The molecule has 0 radical (unpaired) electrons. The molecule has 12 aromatic carbocycles. The maximum atomic E-state index is 12.6. The number of unbranched alkanes of at least 4 members (excludes halogenated alkanes) is 5. The number of benzene rings is 12. The average molecular weight is 1860 g/mol. The first-order chi connectivity index (χ1) is 67.0. The van der Waals surface area contributed by atoms with Crippen LogP contribution in [-0.4, -0.2) is 131 Å². The molecule has 0 aliphatic heterocycles. The molecule has 0 bridgehead atoms. The van der Waals surface area contributed by atoms with Gasteiger partial charge >= 0.3 is 23.9 Å². The maximum Gasteiger partial charge on any atom is 0.339 e. The molecule has 0 aliphatic rings. The number of carbonyl (C=O) groups is 4. The second kappa shape index (κ2) is 49.3. The lowest BCUT2D eigenvalue weighted by Crippen LogP contribution is -2.14. The third-order valence-corrected chi connectivity index (χ3v) is 22.5. The molecular weight excluding hydrogens is 1750 g/mol. The lowest BCUT2D eigenvalue weighted by atomic mass is 10.0. The fourth-order valence-electron chi connectivity index (χ4n) is 14.4. The van der Waals surface area contributed by atoms with Crippen LogP contribution in [0.15, 0.2) is 285 Å². The molecule has 25 heteroatoms. The molecule has 4 heterocycles. The highest BCUT2D eigenvalue weighted by Crippen LogP contribution is 2.38. The zero-order valence-electron chi connectivity index (χ0n) is 78.6. The van der Waals surface area contributed by atoms with E-state index in [0.29, 0.717) is 147 Å². The molecule has 4 N–H and O–H groups in total. The number of halogens is 1. The second-order valence-electron chi connectivity index (χ2n) is 33.0. The third-order valence-electron chi connectivity index (χ3n) is 22.2. The molecule has 0 amide bonds. The number of phenolic OH excluding ortho intramolecular Hbond substituents is 4. The Balaban J connectivity index is 0.000000155. The highest BCUT2D eigenvalue weighted by Gasteiger charge is 2.24. The van der Waals surface area contributed by atoms with Gasteiger partial charge in [-0.2, -0.15) is 0 Å². The van der Waals surface area contributed by atoms with Crippen LogP contribution in [0, 0.1) is 33.6 Å². The topological polar surface area (TPSA) is 341 Å². The number of hydrogen-bond donors (Lipinski definition) is 4. The minimum atomic E-state index is -0.473. The van der Waals surface area contributed by atoms with Gasteiger partial charge in [0.05, 0.1) is 76.0 Å². The Morgan fingerprint density at radius 2 is 0.543 bits per heavy atom. The van der Waals surface area contributed by atoms with Gasteiger partial charge in [-0.15, -0.1) is 0 Å². The molecule has 0 saturated heterocycles. The van der Waals surface area contributed by atoms with Crippen LogP contribution in [0.3, 0.4) is 0 Å². The van der Waals surface area contributed by atoms with Crippen LogP contribution in [0.25, 0.3) is 137 Å². The molecule has 16 aromatic rings. The number of nitrogens with zero attached hydrogens (tertiary/aromatic N) is 12. The Hall–Kier alpha value is -16.0. The number of aromatic hydroxyl groups is 4. The first-order valence-corrected chi connectivity index (χ1v) is 46.7. The fourth-order valence-corrected chi connectivity index (χ4v) is 14.7. The van der Waals surface area contributed by atoms with Gasteiger partial charge in [0, 0.05) is 44.5 Å². The number of phenols is 4. The summed E-state index contributed by atoms with van der Waals surface area (Å²) in [4.78, 5) is 105. The zero-order valence-corrected chi connectivity index (χ0v) is 79.4. The molecule has 0 spiro atoms. The van der Waals surface area contributed by atoms with E-state index in [1.54, 1.807) is 121 Å². The van der Waals surface area contributed by atoms with Crippen molar-refractivity contribution in [3.8, 4) is 160 Å². The van der Waals surface area contributed by atoms with Gasteiger partial charge in [-0.1, -0.05) is 279 Å². The van der Waals surface area contributed by atoms with Gasteiger partial charge < -0.3 is 39.4 Å². The average Bonchev–Trinajstić information content (AvgIpc) is 0.809. The molecule has 0 aliphatic carbocycles. The van der Waals surface area contributed by atoms with E-state index in [1.165, 1.54) is 0 Å². The summed E-state index contributed by atoms with van der Waals surface area (Å²) in [5, 5.41) is 42.4. The Kier molecular flexibility index (Phi) is 35.6. The Bertz CT molecular complexity index is 6830. The molecule has 4 aromatic heterocycles. The van der Waals surface area contributed by atoms with E-state index >= 15 is 0 Å². The first kappa shape index (κ1) is 99.5. The van der Waals surface area contributed by atoms with Crippen LogP contribution in [0.5, 0.6) is 23.0 Å². The minimum Gasteiger partial charge on any atom is -0.507 e. The molecule has 1 unspecified atom stereocenters. The van der Waals surface area contributed by atoms with Crippen molar-refractivity contribution in [2.75, 3.05) is 26.4 Å². The first-order valence-electron chi connectivity index (χ1n) is 46.3. The van der Waals surface area contributed by atoms with Gasteiger partial charge in [0.1, 0.15) is 23.0 Å². The van der Waals surface area contributed by atoms with Gasteiger partial charge in [0.2, 0.25) is 0 Å². The summed E-state index contributed by atoms with van der Waals surface area (Å²) in [6, 6.07) is 86.0. The number of aryl methyl sites for hydroxylation is 4. The van der Waals surface area contributed by atoms with Crippen LogP contribution in [0.2, 0.25) is 5.02 Å². The van der Waals surface area contributed by atoms with Crippen LogP contribution >= 0.6 is 11.6 Å².